The largest absolute Gasteiger partial charge is 0.341 e. The summed E-state index contributed by atoms with van der Waals surface area (Å²) in [6, 6.07) is 10.0. The number of fused-ring (bicyclic) bond motifs is 1. The number of aromatic nitrogens is 2. The van der Waals surface area contributed by atoms with E-state index in [-0.39, 0.29) is 11.8 Å². The Kier molecular flexibility index (Phi) is 3.65. The van der Waals surface area contributed by atoms with Crippen molar-refractivity contribution in [3.05, 3.63) is 48.3 Å². The Morgan fingerprint density at radius 2 is 2.17 bits per heavy atom. The quantitative estimate of drug-likeness (QED) is 0.935. The third kappa shape index (κ3) is 2.65. The fraction of sp³-hybridized carbons (Fsp3) is 0.444. The molecule has 0 unspecified atom stereocenters. The van der Waals surface area contributed by atoms with Crippen molar-refractivity contribution in [2.24, 2.45) is 17.8 Å². The summed E-state index contributed by atoms with van der Waals surface area (Å²) in [5.41, 5.74) is 2.09. The molecule has 4 rings (SSSR count). The fourth-order valence-corrected chi connectivity index (χ4v) is 3.87. The van der Waals surface area contributed by atoms with Crippen LogP contribution in [-0.4, -0.2) is 40.7 Å². The number of hydrogen-bond acceptors (Lipinski definition) is 3. The first-order valence-electron chi connectivity index (χ1n) is 8.27. The van der Waals surface area contributed by atoms with Crippen LogP contribution >= 0.6 is 0 Å². The maximum absolute atomic E-state index is 12.6. The van der Waals surface area contributed by atoms with Crippen molar-refractivity contribution < 1.29 is 4.79 Å². The molecule has 1 aromatic heterocycles. The van der Waals surface area contributed by atoms with Crippen LogP contribution in [0, 0.1) is 17.8 Å². The molecule has 23 heavy (non-hydrogen) atoms. The van der Waals surface area contributed by atoms with Crippen LogP contribution in [0.2, 0.25) is 0 Å². The summed E-state index contributed by atoms with van der Waals surface area (Å²) >= 11 is 0. The molecule has 1 aromatic carbocycles. The maximum atomic E-state index is 12.6. The highest BCUT2D eigenvalue weighted by Crippen LogP contribution is 2.43. The van der Waals surface area contributed by atoms with E-state index >= 15 is 0 Å². The van der Waals surface area contributed by atoms with Gasteiger partial charge in [-0.1, -0.05) is 18.2 Å². The summed E-state index contributed by atoms with van der Waals surface area (Å²) in [6.07, 6.45) is 4.89. The minimum atomic E-state index is 0.212. The van der Waals surface area contributed by atoms with Gasteiger partial charge in [-0.15, -0.1) is 0 Å². The molecular formula is C18H22N4O. The molecule has 120 valence electrons. The average molecular weight is 310 g/mol. The Labute approximate surface area is 136 Å². The van der Waals surface area contributed by atoms with E-state index in [0.717, 1.165) is 36.7 Å². The lowest BCUT2D eigenvalue weighted by molar-refractivity contribution is -0.142. The van der Waals surface area contributed by atoms with Crippen molar-refractivity contribution in [1.82, 2.24) is 20.0 Å². The van der Waals surface area contributed by atoms with Crippen molar-refractivity contribution in [1.29, 1.82) is 0 Å². The van der Waals surface area contributed by atoms with Gasteiger partial charge in [-0.25, -0.2) is 4.68 Å². The van der Waals surface area contributed by atoms with E-state index in [0.29, 0.717) is 12.5 Å². The molecule has 1 saturated carbocycles. The van der Waals surface area contributed by atoms with Gasteiger partial charge in [-0.05, 0) is 43.5 Å². The molecule has 0 spiro atoms. The van der Waals surface area contributed by atoms with E-state index in [1.807, 2.05) is 59.4 Å². The van der Waals surface area contributed by atoms with Gasteiger partial charge in [0.25, 0.3) is 0 Å². The SMILES string of the molecule is CN(Cc1cnn(-c2ccccc2)c1)C(=O)[C@@H]1C[C@H]2CNC[C@H]21. The van der Waals surface area contributed by atoms with Gasteiger partial charge in [0, 0.05) is 31.3 Å². The zero-order chi connectivity index (χ0) is 15.8. The zero-order valence-electron chi connectivity index (χ0n) is 13.4. The molecule has 1 aliphatic heterocycles. The molecule has 1 aliphatic carbocycles. The van der Waals surface area contributed by atoms with E-state index in [2.05, 4.69) is 10.4 Å². The summed E-state index contributed by atoms with van der Waals surface area (Å²) < 4.78 is 1.86. The van der Waals surface area contributed by atoms with Crippen LogP contribution in [0.3, 0.4) is 0 Å². The number of nitrogens with one attached hydrogen (secondary N) is 1. The summed E-state index contributed by atoms with van der Waals surface area (Å²) in [5, 5.41) is 7.79. The highest BCUT2D eigenvalue weighted by molar-refractivity contribution is 5.80. The lowest BCUT2D eigenvalue weighted by Gasteiger charge is -2.40. The Morgan fingerprint density at radius 3 is 2.96 bits per heavy atom. The molecule has 2 heterocycles. The standard InChI is InChI=1S/C18H22N4O/c1-21(18(23)16-7-14-9-19-10-17(14)16)11-13-8-20-22(12-13)15-5-3-2-4-6-15/h2-6,8,12,14,16-17,19H,7,9-11H2,1H3/t14-,16+,17+/m0/s1. The van der Waals surface area contributed by atoms with E-state index in [4.69, 9.17) is 0 Å². The molecule has 1 N–H and O–H groups in total. The second kappa shape index (κ2) is 5.81. The molecule has 0 bridgehead atoms. The molecule has 0 radical (unpaired) electrons. The second-order valence-corrected chi connectivity index (χ2v) is 6.75. The summed E-state index contributed by atoms with van der Waals surface area (Å²) in [4.78, 5) is 14.5. The Hall–Kier alpha value is -2.14. The summed E-state index contributed by atoms with van der Waals surface area (Å²) in [6.45, 7) is 2.70. The van der Waals surface area contributed by atoms with Crippen molar-refractivity contribution >= 4 is 5.91 Å². The minimum absolute atomic E-state index is 0.212. The van der Waals surface area contributed by atoms with E-state index in [9.17, 15) is 4.79 Å². The van der Waals surface area contributed by atoms with Gasteiger partial charge in [0.05, 0.1) is 11.9 Å². The van der Waals surface area contributed by atoms with Gasteiger partial charge >= 0.3 is 0 Å². The van der Waals surface area contributed by atoms with E-state index < -0.39 is 0 Å². The number of rotatable bonds is 4. The van der Waals surface area contributed by atoms with Gasteiger partial charge in [0.2, 0.25) is 5.91 Å². The average Bonchev–Trinajstić information content (AvgIpc) is 3.15. The zero-order valence-corrected chi connectivity index (χ0v) is 13.4. The molecule has 1 amide bonds. The van der Waals surface area contributed by atoms with Gasteiger partial charge in [0.1, 0.15) is 0 Å². The van der Waals surface area contributed by atoms with Crippen LogP contribution in [0.5, 0.6) is 0 Å². The molecule has 3 atom stereocenters. The highest BCUT2D eigenvalue weighted by Gasteiger charge is 2.48. The number of amides is 1. The smallest absolute Gasteiger partial charge is 0.226 e. The van der Waals surface area contributed by atoms with Gasteiger partial charge in [-0.2, -0.15) is 5.10 Å². The molecular weight excluding hydrogens is 288 g/mol. The van der Waals surface area contributed by atoms with E-state index in [1.54, 1.807) is 0 Å². The van der Waals surface area contributed by atoms with Crippen molar-refractivity contribution in [2.75, 3.05) is 20.1 Å². The van der Waals surface area contributed by atoms with Gasteiger partial charge < -0.3 is 10.2 Å². The second-order valence-electron chi connectivity index (χ2n) is 6.75. The van der Waals surface area contributed by atoms with Crippen LogP contribution in [0.25, 0.3) is 5.69 Å². The summed E-state index contributed by atoms with van der Waals surface area (Å²) in [7, 11) is 1.90. The topological polar surface area (TPSA) is 50.2 Å². The van der Waals surface area contributed by atoms with Crippen LogP contribution < -0.4 is 5.32 Å². The summed E-state index contributed by atoms with van der Waals surface area (Å²) in [5.74, 6) is 1.77. The normalized spacial score (nSPS) is 25.7. The number of nitrogens with zero attached hydrogens (tertiary/aromatic N) is 3. The molecule has 2 aromatic rings. The number of para-hydroxylation sites is 1. The lowest BCUT2D eigenvalue weighted by Crippen LogP contribution is -2.46. The predicted molar refractivity (Wildman–Crippen MR) is 88.0 cm³/mol. The molecule has 5 nitrogen and oxygen atoms in total. The number of carbonyl (C=O) groups excluding carboxylic acids is 1. The van der Waals surface area contributed by atoms with Crippen LogP contribution in [-0.2, 0) is 11.3 Å². The van der Waals surface area contributed by atoms with Gasteiger partial charge in [-0.3, -0.25) is 4.79 Å². The highest BCUT2D eigenvalue weighted by atomic mass is 16.2. The number of carbonyl (C=O) groups is 1. The third-order valence-electron chi connectivity index (χ3n) is 5.24. The monoisotopic (exact) mass is 310 g/mol. The van der Waals surface area contributed by atoms with Crippen molar-refractivity contribution in [3.8, 4) is 5.69 Å². The first kappa shape index (κ1) is 14.5. The van der Waals surface area contributed by atoms with Crippen molar-refractivity contribution in [2.45, 2.75) is 13.0 Å². The molecule has 5 heteroatoms. The lowest BCUT2D eigenvalue weighted by atomic mass is 9.66. The number of benzene rings is 1. The van der Waals surface area contributed by atoms with Crippen LogP contribution in [0.15, 0.2) is 42.7 Å². The molecule has 2 aliphatic rings. The first-order valence-corrected chi connectivity index (χ1v) is 8.27. The maximum Gasteiger partial charge on any atom is 0.226 e. The van der Waals surface area contributed by atoms with Crippen LogP contribution in [0.1, 0.15) is 12.0 Å². The van der Waals surface area contributed by atoms with Gasteiger partial charge in [0.15, 0.2) is 0 Å². The van der Waals surface area contributed by atoms with E-state index in [1.165, 1.54) is 0 Å². The Balaban J connectivity index is 1.40. The number of hydrogen-bond donors (Lipinski definition) is 1. The minimum Gasteiger partial charge on any atom is -0.341 e. The van der Waals surface area contributed by atoms with Crippen molar-refractivity contribution in [3.63, 3.8) is 0 Å². The Morgan fingerprint density at radius 1 is 1.35 bits per heavy atom. The predicted octanol–water partition coefficient (Wildman–Crippen LogP) is 1.69. The Bertz CT molecular complexity index is 696. The fourth-order valence-electron chi connectivity index (χ4n) is 3.87. The molecule has 2 fully saturated rings. The van der Waals surface area contributed by atoms with Crippen LogP contribution in [0.4, 0.5) is 0 Å². The first-order chi connectivity index (χ1) is 11.2. The molecule has 1 saturated heterocycles. The third-order valence-corrected chi connectivity index (χ3v) is 5.24.